The smallest absolute Gasteiger partial charge is 0.133 e. The maximum atomic E-state index is 8.24. The molecule has 0 amide bonds. The first-order chi connectivity index (χ1) is 10.4. The molecule has 0 aromatic heterocycles. The number of nitrogens with zero attached hydrogens (tertiary/aromatic N) is 3. The molecule has 0 aliphatic carbocycles. The van der Waals surface area contributed by atoms with Crippen molar-refractivity contribution in [3.63, 3.8) is 0 Å². The summed E-state index contributed by atoms with van der Waals surface area (Å²) in [6.07, 6.45) is 1.55. The van der Waals surface area contributed by atoms with Crippen molar-refractivity contribution in [3.8, 4) is 0 Å². The molecule has 4 unspecified atom stereocenters. The third-order valence-corrected chi connectivity index (χ3v) is 3.60. The summed E-state index contributed by atoms with van der Waals surface area (Å²) in [6, 6.07) is 10.1. The van der Waals surface area contributed by atoms with E-state index in [9.17, 15) is 0 Å². The third kappa shape index (κ3) is 3.86. The predicted molar refractivity (Wildman–Crippen MR) is 75.2 cm³/mol. The Morgan fingerprint density at radius 2 is 2.00 bits per heavy atom. The van der Waals surface area contributed by atoms with Crippen LogP contribution in [0.2, 0.25) is 0 Å². The second-order valence-electron chi connectivity index (χ2n) is 4.82. The van der Waals surface area contributed by atoms with E-state index in [-0.39, 0.29) is 24.4 Å². The molecule has 0 saturated carbocycles. The van der Waals surface area contributed by atoms with Gasteiger partial charge in [-0.15, -0.1) is 0 Å². The molecule has 1 aromatic rings. The van der Waals surface area contributed by atoms with Gasteiger partial charge in [0.25, 0.3) is 0 Å². The molecule has 0 radical (unpaired) electrons. The highest BCUT2D eigenvalue weighted by molar-refractivity contribution is 5.19. The number of azide groups is 1. The molecule has 2 aliphatic heterocycles. The summed E-state index contributed by atoms with van der Waals surface area (Å²) in [4.78, 5) is 7.57. The van der Waals surface area contributed by atoms with E-state index in [1.807, 2.05) is 18.2 Å². The number of rotatable bonds is 3. The lowest BCUT2D eigenvalue weighted by Crippen LogP contribution is -2.38. The number of fused-ring (bicyclic) bond motifs is 1. The van der Waals surface area contributed by atoms with Gasteiger partial charge >= 0.3 is 0 Å². The van der Waals surface area contributed by atoms with Crippen molar-refractivity contribution in [2.24, 2.45) is 5.28 Å². The molecule has 114 valence electrons. The Morgan fingerprint density at radius 3 is 2.71 bits per heavy atom. The van der Waals surface area contributed by atoms with Crippen LogP contribution in [0.3, 0.4) is 0 Å². The standard InChI is InChI=1S/C13H15N3O3.CH4O/c14-15-16-19-10-6-13-12(17-8-10)7-11(18-13)9-4-2-1-3-5-9;1-2/h1-5,10-13H,6-8H2;2H,1H3. The van der Waals surface area contributed by atoms with E-state index in [0.29, 0.717) is 13.0 Å². The first-order valence-electron chi connectivity index (χ1n) is 6.84. The minimum atomic E-state index is -0.216. The highest BCUT2D eigenvalue weighted by Gasteiger charge is 2.41. The Morgan fingerprint density at radius 1 is 1.24 bits per heavy atom. The van der Waals surface area contributed by atoms with Crippen LogP contribution in [0.1, 0.15) is 24.5 Å². The Labute approximate surface area is 123 Å². The van der Waals surface area contributed by atoms with E-state index >= 15 is 0 Å². The summed E-state index contributed by atoms with van der Waals surface area (Å²) in [5.41, 5.74) is 9.41. The molecular formula is C14H19N3O4. The molecule has 0 bridgehead atoms. The zero-order valence-corrected chi connectivity index (χ0v) is 11.8. The van der Waals surface area contributed by atoms with Crippen LogP contribution in [0, 0.1) is 0 Å². The van der Waals surface area contributed by atoms with E-state index < -0.39 is 0 Å². The summed E-state index contributed by atoms with van der Waals surface area (Å²) in [7, 11) is 1.00. The summed E-state index contributed by atoms with van der Waals surface area (Å²) < 4.78 is 11.8. The number of hydrogen-bond donors (Lipinski definition) is 1. The fourth-order valence-electron chi connectivity index (χ4n) is 2.70. The van der Waals surface area contributed by atoms with Crippen LogP contribution in [-0.2, 0) is 14.3 Å². The van der Waals surface area contributed by atoms with Gasteiger partial charge in [0, 0.05) is 24.9 Å². The van der Waals surface area contributed by atoms with Gasteiger partial charge in [0.05, 0.1) is 24.9 Å². The van der Waals surface area contributed by atoms with Gasteiger partial charge in [-0.05, 0) is 11.1 Å². The molecule has 2 fully saturated rings. The number of benzene rings is 1. The third-order valence-electron chi connectivity index (χ3n) is 3.60. The minimum Gasteiger partial charge on any atom is -0.428 e. The Bertz CT molecular complexity index is 478. The maximum Gasteiger partial charge on any atom is 0.133 e. The van der Waals surface area contributed by atoms with Crippen molar-refractivity contribution in [2.75, 3.05) is 13.7 Å². The highest BCUT2D eigenvalue weighted by Crippen LogP contribution is 2.38. The van der Waals surface area contributed by atoms with Crippen LogP contribution in [-0.4, -0.2) is 37.1 Å². The van der Waals surface area contributed by atoms with Gasteiger partial charge in [-0.1, -0.05) is 30.3 Å². The van der Waals surface area contributed by atoms with Crippen molar-refractivity contribution in [3.05, 3.63) is 46.3 Å². The second-order valence-corrected chi connectivity index (χ2v) is 4.82. The molecule has 2 heterocycles. The summed E-state index contributed by atoms with van der Waals surface area (Å²) in [5, 5.41) is 10.1. The quantitative estimate of drug-likeness (QED) is 0.401. The Kier molecular flexibility index (Phi) is 5.83. The van der Waals surface area contributed by atoms with Crippen molar-refractivity contribution in [1.29, 1.82) is 0 Å². The lowest BCUT2D eigenvalue weighted by Gasteiger charge is -2.29. The molecule has 1 aromatic carbocycles. The normalized spacial score (nSPS) is 30.4. The fourth-order valence-corrected chi connectivity index (χ4v) is 2.70. The maximum absolute atomic E-state index is 8.24. The van der Waals surface area contributed by atoms with E-state index in [4.69, 9.17) is 24.9 Å². The molecule has 7 heteroatoms. The van der Waals surface area contributed by atoms with Crippen LogP contribution in [0.25, 0.3) is 10.4 Å². The van der Waals surface area contributed by atoms with Crippen LogP contribution in [0.15, 0.2) is 35.6 Å². The largest absolute Gasteiger partial charge is 0.428 e. The number of ether oxygens (including phenoxy) is 2. The van der Waals surface area contributed by atoms with Crippen LogP contribution in [0.4, 0.5) is 0 Å². The van der Waals surface area contributed by atoms with Gasteiger partial charge in [-0.2, -0.15) is 0 Å². The summed E-state index contributed by atoms with van der Waals surface area (Å²) in [5.74, 6) is 0. The van der Waals surface area contributed by atoms with Crippen molar-refractivity contribution >= 4 is 0 Å². The van der Waals surface area contributed by atoms with Crippen LogP contribution in [0.5, 0.6) is 0 Å². The van der Waals surface area contributed by atoms with Crippen LogP contribution >= 0.6 is 0 Å². The topological polar surface area (TPSA) is 96.7 Å². The second kappa shape index (κ2) is 7.85. The number of aliphatic hydroxyl groups is 1. The fraction of sp³-hybridized carbons (Fsp3) is 0.571. The van der Waals surface area contributed by atoms with E-state index in [2.05, 4.69) is 22.3 Å². The van der Waals surface area contributed by atoms with Gasteiger partial charge in [-0.25, -0.2) is 0 Å². The molecule has 0 spiro atoms. The zero-order chi connectivity index (χ0) is 15.1. The Balaban J connectivity index is 0.000000774. The molecule has 3 rings (SSSR count). The Hall–Kier alpha value is -1.79. The molecule has 21 heavy (non-hydrogen) atoms. The zero-order valence-electron chi connectivity index (χ0n) is 11.8. The lowest BCUT2D eigenvalue weighted by molar-refractivity contribution is -0.128. The number of hydrogen-bond acceptors (Lipinski definition) is 5. The van der Waals surface area contributed by atoms with Gasteiger partial charge in [0.2, 0.25) is 0 Å². The van der Waals surface area contributed by atoms with Gasteiger partial charge in [-0.3, -0.25) is 0 Å². The summed E-state index contributed by atoms with van der Waals surface area (Å²) >= 11 is 0. The molecule has 7 nitrogen and oxygen atoms in total. The number of aliphatic hydroxyl groups excluding tert-OH is 1. The van der Waals surface area contributed by atoms with Crippen molar-refractivity contribution in [2.45, 2.75) is 37.3 Å². The van der Waals surface area contributed by atoms with Gasteiger partial charge < -0.3 is 19.4 Å². The first kappa shape index (κ1) is 15.6. The molecular weight excluding hydrogens is 274 g/mol. The summed E-state index contributed by atoms with van der Waals surface area (Å²) in [6.45, 7) is 0.449. The average molecular weight is 293 g/mol. The first-order valence-corrected chi connectivity index (χ1v) is 6.84. The van der Waals surface area contributed by atoms with E-state index in [1.54, 1.807) is 0 Å². The molecule has 1 N–H and O–H groups in total. The molecule has 4 atom stereocenters. The predicted octanol–water partition coefficient (Wildman–Crippen LogP) is 2.52. The average Bonchev–Trinajstić information content (AvgIpc) is 2.99. The lowest BCUT2D eigenvalue weighted by atomic mass is 10.0. The molecule has 2 saturated heterocycles. The van der Waals surface area contributed by atoms with Crippen LogP contribution < -0.4 is 0 Å². The minimum absolute atomic E-state index is 0.0119. The van der Waals surface area contributed by atoms with Gasteiger partial charge in [0.1, 0.15) is 11.4 Å². The van der Waals surface area contributed by atoms with Crippen molar-refractivity contribution < 1.29 is 19.4 Å². The van der Waals surface area contributed by atoms with Crippen molar-refractivity contribution in [1.82, 2.24) is 0 Å². The monoisotopic (exact) mass is 293 g/mol. The van der Waals surface area contributed by atoms with E-state index in [1.165, 1.54) is 5.56 Å². The highest BCUT2D eigenvalue weighted by atomic mass is 16.7. The molecule has 2 aliphatic rings. The van der Waals surface area contributed by atoms with E-state index in [0.717, 1.165) is 13.5 Å². The van der Waals surface area contributed by atoms with Gasteiger partial charge in [0.15, 0.2) is 0 Å². The SMILES string of the molecule is CO.[N-]=[N+]=NOC1COC2CC(c3ccccc3)OC2C1.